The summed E-state index contributed by atoms with van der Waals surface area (Å²) in [5.74, 6) is 0.0866. The maximum Gasteiger partial charge on any atom is 0.332 e. The predicted molar refractivity (Wildman–Crippen MR) is 37.0 cm³/mol. The molecular weight excluding hydrogens is 130 g/mol. The van der Waals surface area contributed by atoms with Crippen LogP contribution in [0.5, 0.6) is 0 Å². The van der Waals surface area contributed by atoms with Crippen LogP contribution in [0.25, 0.3) is 0 Å². The molecule has 0 saturated heterocycles. The largest absolute Gasteiger partial charge is 0.466 e. The highest BCUT2D eigenvalue weighted by molar-refractivity contribution is 5.82. The van der Waals surface area contributed by atoms with Crippen molar-refractivity contribution in [2.24, 2.45) is 11.7 Å². The van der Waals surface area contributed by atoms with Gasteiger partial charge in [-0.15, -0.1) is 0 Å². The molecule has 1 rings (SSSR count). The van der Waals surface area contributed by atoms with E-state index in [1.165, 1.54) is 13.2 Å². The van der Waals surface area contributed by atoms with Gasteiger partial charge in [-0.25, -0.2) is 4.79 Å². The van der Waals surface area contributed by atoms with Gasteiger partial charge in [0.1, 0.15) is 0 Å². The fraction of sp³-hybridized carbons (Fsp3) is 0.571. The van der Waals surface area contributed by atoms with E-state index in [0.29, 0.717) is 11.6 Å². The Morgan fingerprint density at radius 2 is 2.30 bits per heavy atom. The van der Waals surface area contributed by atoms with Gasteiger partial charge in [-0.2, -0.15) is 0 Å². The second-order valence-electron chi connectivity index (χ2n) is 2.44. The van der Waals surface area contributed by atoms with Crippen molar-refractivity contribution < 1.29 is 9.53 Å². The molecule has 0 aromatic rings. The normalized spacial score (nSPS) is 18.7. The molecule has 1 aliphatic carbocycles. The molecule has 1 fully saturated rings. The lowest BCUT2D eigenvalue weighted by molar-refractivity contribution is -0.134. The minimum absolute atomic E-state index is 0.357. The summed E-state index contributed by atoms with van der Waals surface area (Å²) in [5, 5.41) is 0. The Morgan fingerprint density at radius 1 is 1.70 bits per heavy atom. The van der Waals surface area contributed by atoms with E-state index in [1.807, 2.05) is 0 Å². The van der Waals surface area contributed by atoms with Gasteiger partial charge in [0, 0.05) is 11.8 Å². The molecule has 56 valence electrons. The highest BCUT2D eigenvalue weighted by Gasteiger charge is 2.24. The molecule has 0 spiro atoms. The third-order valence-corrected chi connectivity index (χ3v) is 1.53. The van der Waals surface area contributed by atoms with E-state index in [4.69, 9.17) is 5.73 Å². The summed E-state index contributed by atoms with van der Waals surface area (Å²) >= 11 is 0. The summed E-state index contributed by atoms with van der Waals surface area (Å²) in [7, 11) is 1.35. The van der Waals surface area contributed by atoms with Crippen LogP contribution in [0.1, 0.15) is 12.8 Å². The van der Waals surface area contributed by atoms with Crippen LogP contribution in [-0.2, 0) is 9.53 Å². The van der Waals surface area contributed by atoms with Crippen LogP contribution in [0.15, 0.2) is 11.8 Å². The van der Waals surface area contributed by atoms with Gasteiger partial charge < -0.3 is 10.5 Å². The summed E-state index contributed by atoms with van der Waals surface area (Å²) in [6.45, 7) is 0. The average molecular weight is 141 g/mol. The molecule has 0 radical (unpaired) electrons. The van der Waals surface area contributed by atoms with Crippen LogP contribution in [0.2, 0.25) is 0 Å². The Bertz CT molecular complexity index is 170. The Balaban J connectivity index is 2.43. The molecule has 1 aliphatic rings. The second-order valence-corrected chi connectivity index (χ2v) is 2.44. The van der Waals surface area contributed by atoms with Crippen LogP contribution in [0.4, 0.5) is 0 Å². The average Bonchev–Trinajstić information content (AvgIpc) is 2.68. The zero-order chi connectivity index (χ0) is 7.56. The molecule has 0 bridgehead atoms. The van der Waals surface area contributed by atoms with E-state index in [0.717, 1.165) is 12.8 Å². The molecule has 0 heterocycles. The summed E-state index contributed by atoms with van der Waals surface area (Å²) in [6.07, 6.45) is 3.58. The van der Waals surface area contributed by atoms with E-state index in [-0.39, 0.29) is 5.97 Å². The van der Waals surface area contributed by atoms with Crippen molar-refractivity contribution in [3.05, 3.63) is 11.8 Å². The van der Waals surface area contributed by atoms with E-state index < -0.39 is 0 Å². The molecule has 0 amide bonds. The lowest BCUT2D eigenvalue weighted by Crippen LogP contribution is -2.04. The summed E-state index contributed by atoms with van der Waals surface area (Å²) in [4.78, 5) is 10.6. The summed E-state index contributed by atoms with van der Waals surface area (Å²) in [5.41, 5.74) is 6.17. The predicted octanol–water partition coefficient (Wildman–Crippen LogP) is 0.412. The van der Waals surface area contributed by atoms with Crippen molar-refractivity contribution in [1.29, 1.82) is 0 Å². The molecule has 0 aromatic heterocycles. The first-order valence-corrected chi connectivity index (χ1v) is 3.29. The van der Waals surface area contributed by atoms with Crippen LogP contribution in [-0.4, -0.2) is 13.1 Å². The minimum Gasteiger partial charge on any atom is -0.466 e. The Morgan fingerprint density at radius 3 is 2.70 bits per heavy atom. The standard InChI is InChI=1S/C7H11NO2/c1-10-7(9)4-6(8)5-2-3-5/h4-5H,2-3,8H2,1H3/b6-4+. The highest BCUT2D eigenvalue weighted by Crippen LogP contribution is 2.33. The molecule has 1 saturated carbocycles. The van der Waals surface area contributed by atoms with Gasteiger partial charge in [-0.3, -0.25) is 0 Å². The molecular formula is C7H11NO2. The van der Waals surface area contributed by atoms with Crippen LogP contribution in [0, 0.1) is 5.92 Å². The van der Waals surface area contributed by atoms with Crippen molar-refractivity contribution in [2.75, 3.05) is 7.11 Å². The Kier molecular flexibility index (Phi) is 1.94. The van der Waals surface area contributed by atoms with Crippen LogP contribution in [0.3, 0.4) is 0 Å². The van der Waals surface area contributed by atoms with Gasteiger partial charge in [0.05, 0.1) is 7.11 Å². The first-order chi connectivity index (χ1) is 4.74. The third-order valence-electron chi connectivity index (χ3n) is 1.53. The maximum atomic E-state index is 10.6. The van der Waals surface area contributed by atoms with Crippen LogP contribution < -0.4 is 5.73 Å². The molecule has 3 heteroatoms. The monoisotopic (exact) mass is 141 g/mol. The fourth-order valence-corrected chi connectivity index (χ4v) is 0.730. The van der Waals surface area contributed by atoms with E-state index in [2.05, 4.69) is 4.74 Å². The number of allylic oxidation sites excluding steroid dienone is 1. The Hall–Kier alpha value is -0.990. The van der Waals surface area contributed by atoms with Gasteiger partial charge in [-0.1, -0.05) is 0 Å². The first kappa shape index (κ1) is 7.12. The number of nitrogens with two attached hydrogens (primary N) is 1. The van der Waals surface area contributed by atoms with Crippen molar-refractivity contribution in [3.8, 4) is 0 Å². The first-order valence-electron chi connectivity index (χ1n) is 3.29. The number of ether oxygens (including phenoxy) is 1. The zero-order valence-corrected chi connectivity index (χ0v) is 5.96. The maximum absolute atomic E-state index is 10.6. The van der Waals surface area contributed by atoms with Crippen molar-refractivity contribution in [1.82, 2.24) is 0 Å². The fourth-order valence-electron chi connectivity index (χ4n) is 0.730. The smallest absolute Gasteiger partial charge is 0.332 e. The van der Waals surface area contributed by atoms with Gasteiger partial charge in [0.2, 0.25) is 0 Å². The number of rotatable bonds is 2. The van der Waals surface area contributed by atoms with Gasteiger partial charge in [0.15, 0.2) is 0 Å². The number of hydrogen-bond acceptors (Lipinski definition) is 3. The third kappa shape index (κ3) is 1.76. The molecule has 0 atom stereocenters. The SMILES string of the molecule is COC(=O)/C=C(/N)C1CC1. The zero-order valence-electron chi connectivity index (χ0n) is 5.96. The van der Waals surface area contributed by atoms with E-state index in [1.54, 1.807) is 0 Å². The number of carbonyl (C=O) groups excluding carboxylic acids is 1. The van der Waals surface area contributed by atoms with Crippen molar-refractivity contribution >= 4 is 5.97 Å². The number of methoxy groups -OCH3 is 1. The van der Waals surface area contributed by atoms with Gasteiger partial charge >= 0.3 is 5.97 Å². The second kappa shape index (κ2) is 2.73. The summed E-state index contributed by atoms with van der Waals surface area (Å²) < 4.78 is 4.40. The molecule has 0 aliphatic heterocycles. The number of hydrogen-bond donors (Lipinski definition) is 1. The lowest BCUT2D eigenvalue weighted by atomic mass is 10.3. The minimum atomic E-state index is -0.357. The van der Waals surface area contributed by atoms with Gasteiger partial charge in [0.25, 0.3) is 0 Å². The van der Waals surface area contributed by atoms with Crippen LogP contribution >= 0.6 is 0 Å². The van der Waals surface area contributed by atoms with E-state index >= 15 is 0 Å². The Labute approximate surface area is 59.8 Å². The van der Waals surface area contributed by atoms with Crippen molar-refractivity contribution in [3.63, 3.8) is 0 Å². The lowest BCUT2D eigenvalue weighted by Gasteiger charge is -1.95. The molecule has 2 N–H and O–H groups in total. The molecule has 0 aromatic carbocycles. The number of carbonyl (C=O) groups is 1. The van der Waals surface area contributed by atoms with Gasteiger partial charge in [-0.05, 0) is 18.8 Å². The van der Waals surface area contributed by atoms with Crippen molar-refractivity contribution in [2.45, 2.75) is 12.8 Å². The molecule has 0 unspecified atom stereocenters. The highest BCUT2D eigenvalue weighted by atomic mass is 16.5. The van der Waals surface area contributed by atoms with E-state index in [9.17, 15) is 4.79 Å². The molecule has 10 heavy (non-hydrogen) atoms. The number of esters is 1. The molecule has 3 nitrogen and oxygen atoms in total. The summed E-state index contributed by atoms with van der Waals surface area (Å²) in [6, 6.07) is 0. The quantitative estimate of drug-likeness (QED) is 0.447. The topological polar surface area (TPSA) is 52.3 Å².